The minimum atomic E-state index is 0.298. The molecule has 0 aromatic carbocycles. The van der Waals surface area contributed by atoms with Gasteiger partial charge >= 0.3 is 0 Å². The highest BCUT2D eigenvalue weighted by Crippen LogP contribution is 2.27. The Kier molecular flexibility index (Phi) is 4.12. The van der Waals surface area contributed by atoms with Gasteiger partial charge in [-0.1, -0.05) is 39.3 Å². The van der Waals surface area contributed by atoms with E-state index >= 15 is 0 Å². The van der Waals surface area contributed by atoms with Gasteiger partial charge in [-0.3, -0.25) is 4.79 Å². The molecule has 14 heavy (non-hydrogen) atoms. The van der Waals surface area contributed by atoms with Gasteiger partial charge in [-0.25, -0.2) is 0 Å². The summed E-state index contributed by atoms with van der Waals surface area (Å²) in [5.41, 5.74) is 2.07. The van der Waals surface area contributed by atoms with Gasteiger partial charge in [-0.2, -0.15) is 0 Å². The van der Waals surface area contributed by atoms with Crippen molar-refractivity contribution in [1.82, 2.24) is 0 Å². The number of carbonyl (C=O) groups is 1. The van der Waals surface area contributed by atoms with Crippen molar-refractivity contribution in [2.75, 3.05) is 0 Å². The van der Waals surface area contributed by atoms with Crippen molar-refractivity contribution in [2.45, 2.75) is 46.5 Å². The van der Waals surface area contributed by atoms with Gasteiger partial charge in [0, 0.05) is 0 Å². The summed E-state index contributed by atoms with van der Waals surface area (Å²) in [5.74, 6) is 0.784. The van der Waals surface area contributed by atoms with Crippen molar-refractivity contribution in [1.29, 1.82) is 0 Å². The maximum Gasteiger partial charge on any atom is 0.184 e. The molecule has 0 aromatic rings. The quantitative estimate of drug-likeness (QED) is 0.624. The van der Waals surface area contributed by atoms with Crippen LogP contribution < -0.4 is 0 Å². The largest absolute Gasteiger partial charge is 0.289 e. The Morgan fingerprint density at radius 2 is 1.93 bits per heavy atom. The second-order valence-electron chi connectivity index (χ2n) is 4.28. The second-order valence-corrected chi connectivity index (χ2v) is 4.28. The highest BCUT2D eigenvalue weighted by Gasteiger charge is 2.22. The maximum absolute atomic E-state index is 11.8. The summed E-state index contributed by atoms with van der Waals surface area (Å²) in [6, 6.07) is 0. The van der Waals surface area contributed by atoms with Crippen molar-refractivity contribution < 1.29 is 4.79 Å². The fraction of sp³-hybridized carbons (Fsp3) is 0.615. The molecule has 0 N–H and O–H groups in total. The van der Waals surface area contributed by atoms with Gasteiger partial charge < -0.3 is 0 Å². The summed E-state index contributed by atoms with van der Waals surface area (Å²) < 4.78 is 0. The lowest BCUT2D eigenvalue weighted by atomic mass is 10.1. The number of carbonyl (C=O) groups excluding carboxylic acids is 1. The smallest absolute Gasteiger partial charge is 0.184 e. The summed E-state index contributed by atoms with van der Waals surface area (Å²) in [6.07, 6.45) is 8.29. The molecule has 1 aliphatic carbocycles. The molecule has 0 unspecified atom stereocenters. The predicted octanol–water partition coefficient (Wildman–Crippen LogP) is 3.66. The van der Waals surface area contributed by atoms with E-state index in [0.29, 0.717) is 11.7 Å². The number of rotatable bonds is 3. The average molecular weight is 192 g/mol. The van der Waals surface area contributed by atoms with Crippen LogP contribution in [0.25, 0.3) is 0 Å². The van der Waals surface area contributed by atoms with Crippen molar-refractivity contribution in [3.05, 3.63) is 23.3 Å². The van der Waals surface area contributed by atoms with Crippen LogP contribution in [0, 0.1) is 5.92 Å². The summed E-state index contributed by atoms with van der Waals surface area (Å²) in [7, 11) is 0. The Morgan fingerprint density at radius 3 is 2.50 bits per heavy atom. The number of hydrogen-bond acceptors (Lipinski definition) is 1. The highest BCUT2D eigenvalue weighted by molar-refractivity contribution is 6.10. The number of allylic oxidation sites excluding steroid dienone is 4. The molecule has 1 aliphatic rings. The zero-order chi connectivity index (χ0) is 10.6. The fourth-order valence-electron chi connectivity index (χ4n) is 1.78. The first-order valence-corrected chi connectivity index (χ1v) is 5.59. The van der Waals surface area contributed by atoms with E-state index in [2.05, 4.69) is 32.9 Å². The SMILES string of the molecule is CCCC=C1CCC(=CC(C)C)C1=O. The van der Waals surface area contributed by atoms with E-state index in [1.165, 1.54) is 0 Å². The third-order valence-electron chi connectivity index (χ3n) is 2.46. The molecule has 1 fully saturated rings. The van der Waals surface area contributed by atoms with E-state index in [1.54, 1.807) is 0 Å². The number of unbranched alkanes of at least 4 members (excludes halogenated alkanes) is 1. The first kappa shape index (κ1) is 11.2. The molecule has 0 amide bonds. The molecule has 0 aliphatic heterocycles. The summed E-state index contributed by atoms with van der Waals surface area (Å²) in [6.45, 7) is 6.38. The molecule has 0 spiro atoms. The van der Waals surface area contributed by atoms with Gasteiger partial charge in [-0.05, 0) is 36.3 Å². The fourth-order valence-corrected chi connectivity index (χ4v) is 1.78. The molecule has 0 bridgehead atoms. The lowest BCUT2D eigenvalue weighted by Crippen LogP contribution is -1.97. The van der Waals surface area contributed by atoms with Crippen LogP contribution in [-0.2, 0) is 4.79 Å². The second kappa shape index (κ2) is 5.14. The van der Waals surface area contributed by atoms with Crippen LogP contribution in [0.3, 0.4) is 0 Å². The molecule has 0 aromatic heterocycles. The normalized spacial score (nSPS) is 23.0. The third-order valence-corrected chi connectivity index (χ3v) is 2.46. The van der Waals surface area contributed by atoms with Crippen LogP contribution in [0.15, 0.2) is 23.3 Å². The van der Waals surface area contributed by atoms with Gasteiger partial charge in [0.25, 0.3) is 0 Å². The van der Waals surface area contributed by atoms with Crippen LogP contribution in [0.2, 0.25) is 0 Å². The van der Waals surface area contributed by atoms with E-state index in [9.17, 15) is 4.79 Å². The maximum atomic E-state index is 11.8. The number of hydrogen-bond donors (Lipinski definition) is 0. The summed E-state index contributed by atoms with van der Waals surface area (Å²) in [4.78, 5) is 11.8. The molecule has 0 heterocycles. The molecule has 1 nitrogen and oxygen atoms in total. The van der Waals surface area contributed by atoms with Crippen LogP contribution in [0.4, 0.5) is 0 Å². The molecular formula is C13H20O. The Balaban J connectivity index is 2.69. The first-order chi connectivity index (χ1) is 6.65. The van der Waals surface area contributed by atoms with E-state index in [0.717, 1.165) is 36.8 Å². The zero-order valence-corrected chi connectivity index (χ0v) is 9.47. The van der Waals surface area contributed by atoms with Gasteiger partial charge in [0.1, 0.15) is 0 Å². The zero-order valence-electron chi connectivity index (χ0n) is 9.47. The van der Waals surface area contributed by atoms with Crippen molar-refractivity contribution in [3.8, 4) is 0 Å². The van der Waals surface area contributed by atoms with Crippen LogP contribution in [0.5, 0.6) is 0 Å². The Morgan fingerprint density at radius 1 is 1.29 bits per heavy atom. The standard InChI is InChI=1S/C13H20O/c1-4-5-6-11-7-8-12(13(11)14)9-10(2)3/h6,9-10H,4-5,7-8H2,1-3H3. The van der Waals surface area contributed by atoms with Gasteiger partial charge in [0.15, 0.2) is 5.78 Å². The molecule has 1 heteroatoms. The number of ketones is 1. The van der Waals surface area contributed by atoms with Crippen molar-refractivity contribution in [3.63, 3.8) is 0 Å². The number of Topliss-reactive ketones (excluding diaryl/α,β-unsaturated/α-hetero) is 1. The Bertz CT molecular complexity index is 269. The van der Waals surface area contributed by atoms with Gasteiger partial charge in [0.2, 0.25) is 0 Å². The van der Waals surface area contributed by atoms with Crippen molar-refractivity contribution >= 4 is 5.78 Å². The highest BCUT2D eigenvalue weighted by atomic mass is 16.1. The molecule has 1 rings (SSSR count). The van der Waals surface area contributed by atoms with E-state index in [-0.39, 0.29) is 0 Å². The Labute approximate surface area is 86.9 Å². The topological polar surface area (TPSA) is 17.1 Å². The Hall–Kier alpha value is -0.850. The first-order valence-electron chi connectivity index (χ1n) is 5.59. The lowest BCUT2D eigenvalue weighted by Gasteiger charge is -1.98. The predicted molar refractivity (Wildman–Crippen MR) is 60.2 cm³/mol. The van der Waals surface area contributed by atoms with E-state index in [1.807, 2.05) is 0 Å². The summed E-state index contributed by atoms with van der Waals surface area (Å²) >= 11 is 0. The minimum absolute atomic E-state index is 0.298. The monoisotopic (exact) mass is 192 g/mol. The molecule has 0 radical (unpaired) electrons. The average Bonchev–Trinajstić information content (AvgIpc) is 2.45. The summed E-state index contributed by atoms with van der Waals surface area (Å²) in [5, 5.41) is 0. The van der Waals surface area contributed by atoms with Gasteiger partial charge in [-0.15, -0.1) is 0 Å². The molecule has 0 saturated heterocycles. The lowest BCUT2D eigenvalue weighted by molar-refractivity contribution is -0.111. The van der Waals surface area contributed by atoms with Gasteiger partial charge in [0.05, 0.1) is 0 Å². The van der Waals surface area contributed by atoms with E-state index in [4.69, 9.17) is 0 Å². The van der Waals surface area contributed by atoms with Crippen LogP contribution in [-0.4, -0.2) is 5.78 Å². The van der Waals surface area contributed by atoms with Crippen LogP contribution >= 0.6 is 0 Å². The van der Waals surface area contributed by atoms with Crippen molar-refractivity contribution in [2.24, 2.45) is 5.92 Å². The van der Waals surface area contributed by atoms with E-state index < -0.39 is 0 Å². The molecule has 78 valence electrons. The molecule has 0 atom stereocenters. The van der Waals surface area contributed by atoms with Crippen LogP contribution in [0.1, 0.15) is 46.5 Å². The molecular weight excluding hydrogens is 172 g/mol. The minimum Gasteiger partial charge on any atom is -0.289 e. The molecule has 1 saturated carbocycles. The third kappa shape index (κ3) is 2.83.